The van der Waals surface area contributed by atoms with Crippen molar-refractivity contribution in [1.29, 1.82) is 0 Å². The lowest BCUT2D eigenvalue weighted by Gasteiger charge is -2.21. The normalized spacial score (nSPS) is 15.7. The second-order valence-corrected chi connectivity index (χ2v) is 7.09. The number of carbonyl (C=O) groups excluding carboxylic acids is 2. The van der Waals surface area contributed by atoms with E-state index in [1.807, 2.05) is 45.0 Å². The average molecular weight is 318 g/mol. The number of ether oxygens (including phenoxy) is 1. The Morgan fingerprint density at radius 1 is 1.22 bits per heavy atom. The van der Waals surface area contributed by atoms with Gasteiger partial charge in [-0.3, -0.25) is 9.59 Å². The molecule has 23 heavy (non-hydrogen) atoms. The average Bonchev–Trinajstić information content (AvgIpc) is 3.34. The first-order valence-corrected chi connectivity index (χ1v) is 8.03. The molecule has 1 saturated carbocycles. The van der Waals surface area contributed by atoms with Crippen molar-refractivity contribution in [3.8, 4) is 5.75 Å². The summed E-state index contributed by atoms with van der Waals surface area (Å²) in [6.07, 6.45) is 2.23. The molecule has 1 fully saturated rings. The Kier molecular flexibility index (Phi) is 5.29. The summed E-state index contributed by atoms with van der Waals surface area (Å²) < 4.78 is 5.17. The van der Waals surface area contributed by atoms with E-state index in [1.165, 1.54) is 0 Å². The maximum Gasteiger partial charge on any atom is 0.239 e. The van der Waals surface area contributed by atoms with E-state index in [1.54, 1.807) is 7.11 Å². The molecule has 2 amide bonds. The molecule has 0 saturated heterocycles. The van der Waals surface area contributed by atoms with Crippen LogP contribution in [0, 0.1) is 11.3 Å². The number of nitrogens with one attached hydrogen (secondary N) is 2. The van der Waals surface area contributed by atoms with Crippen molar-refractivity contribution >= 4 is 11.8 Å². The van der Waals surface area contributed by atoms with Crippen molar-refractivity contribution in [1.82, 2.24) is 10.6 Å². The van der Waals surface area contributed by atoms with Crippen LogP contribution in [0.15, 0.2) is 24.3 Å². The highest BCUT2D eigenvalue weighted by Crippen LogP contribution is 2.41. The van der Waals surface area contributed by atoms with Gasteiger partial charge in [0, 0.05) is 5.41 Å². The third kappa shape index (κ3) is 4.98. The van der Waals surface area contributed by atoms with Crippen LogP contribution in [0.4, 0.5) is 0 Å². The molecule has 0 heterocycles. The first-order valence-electron chi connectivity index (χ1n) is 8.03. The van der Waals surface area contributed by atoms with Crippen molar-refractivity contribution < 1.29 is 14.3 Å². The van der Waals surface area contributed by atoms with Gasteiger partial charge < -0.3 is 15.4 Å². The SMILES string of the molecule is COc1ccc(C(NC(=O)CNC(=O)C(C)(C)C)C2CC2)cc1. The summed E-state index contributed by atoms with van der Waals surface area (Å²) in [6.45, 7) is 5.48. The maximum atomic E-state index is 12.2. The fourth-order valence-corrected chi connectivity index (χ4v) is 2.36. The Balaban J connectivity index is 1.94. The summed E-state index contributed by atoms with van der Waals surface area (Å²) in [4.78, 5) is 24.0. The third-order valence-corrected chi connectivity index (χ3v) is 3.98. The van der Waals surface area contributed by atoms with Crippen molar-refractivity contribution in [2.24, 2.45) is 11.3 Å². The van der Waals surface area contributed by atoms with Crippen LogP contribution in [0.2, 0.25) is 0 Å². The van der Waals surface area contributed by atoms with Crippen LogP contribution in [0.1, 0.15) is 45.2 Å². The fraction of sp³-hybridized carbons (Fsp3) is 0.556. The van der Waals surface area contributed by atoms with Gasteiger partial charge in [-0.05, 0) is 36.5 Å². The summed E-state index contributed by atoms with van der Waals surface area (Å²) in [5.41, 5.74) is 0.579. The van der Waals surface area contributed by atoms with Crippen molar-refractivity contribution in [2.45, 2.75) is 39.7 Å². The van der Waals surface area contributed by atoms with Crippen LogP contribution in [0.25, 0.3) is 0 Å². The highest BCUT2D eigenvalue weighted by molar-refractivity contribution is 5.87. The molecule has 5 heteroatoms. The van der Waals surface area contributed by atoms with Gasteiger partial charge in [-0.15, -0.1) is 0 Å². The van der Waals surface area contributed by atoms with E-state index >= 15 is 0 Å². The van der Waals surface area contributed by atoms with Crippen LogP contribution in [-0.2, 0) is 9.59 Å². The Bertz CT molecular complexity index is 557. The lowest BCUT2D eigenvalue weighted by Crippen LogP contribution is -2.42. The summed E-state index contributed by atoms with van der Waals surface area (Å²) >= 11 is 0. The smallest absolute Gasteiger partial charge is 0.239 e. The molecule has 1 aromatic carbocycles. The summed E-state index contributed by atoms with van der Waals surface area (Å²) in [5, 5.41) is 5.73. The molecule has 1 atom stereocenters. The van der Waals surface area contributed by atoms with E-state index in [0.29, 0.717) is 5.92 Å². The van der Waals surface area contributed by atoms with Gasteiger partial charge in [-0.2, -0.15) is 0 Å². The van der Waals surface area contributed by atoms with Gasteiger partial charge in [0.2, 0.25) is 11.8 Å². The molecule has 126 valence electrons. The zero-order valence-electron chi connectivity index (χ0n) is 14.3. The quantitative estimate of drug-likeness (QED) is 0.846. The monoisotopic (exact) mass is 318 g/mol. The molecule has 0 bridgehead atoms. The van der Waals surface area contributed by atoms with Crippen LogP contribution >= 0.6 is 0 Å². The third-order valence-electron chi connectivity index (χ3n) is 3.98. The molecule has 2 rings (SSSR count). The molecule has 1 unspecified atom stereocenters. The Morgan fingerprint density at radius 3 is 2.30 bits per heavy atom. The molecule has 2 N–H and O–H groups in total. The lowest BCUT2D eigenvalue weighted by molar-refractivity contribution is -0.131. The van der Waals surface area contributed by atoms with E-state index in [2.05, 4.69) is 10.6 Å². The van der Waals surface area contributed by atoms with Gasteiger partial charge in [0.1, 0.15) is 5.75 Å². The minimum atomic E-state index is -0.494. The summed E-state index contributed by atoms with van der Waals surface area (Å²) in [5.74, 6) is 0.994. The summed E-state index contributed by atoms with van der Waals surface area (Å²) in [6, 6.07) is 7.77. The van der Waals surface area contributed by atoms with Crippen molar-refractivity contribution in [2.75, 3.05) is 13.7 Å². The van der Waals surface area contributed by atoms with E-state index in [0.717, 1.165) is 24.2 Å². The highest BCUT2D eigenvalue weighted by Gasteiger charge is 2.33. The van der Waals surface area contributed by atoms with E-state index < -0.39 is 5.41 Å². The standard InChI is InChI=1S/C18H26N2O3/c1-18(2,3)17(22)19-11-15(21)20-16(12-5-6-12)13-7-9-14(23-4)10-8-13/h7-10,12,16H,5-6,11H2,1-4H3,(H,19,22)(H,20,21). The Hall–Kier alpha value is -2.04. The molecule has 5 nitrogen and oxygen atoms in total. The largest absolute Gasteiger partial charge is 0.497 e. The molecule has 1 aliphatic carbocycles. The molecule has 0 radical (unpaired) electrons. The summed E-state index contributed by atoms with van der Waals surface area (Å²) in [7, 11) is 1.63. The second-order valence-electron chi connectivity index (χ2n) is 7.09. The predicted molar refractivity (Wildman–Crippen MR) is 89.1 cm³/mol. The van der Waals surface area contributed by atoms with Crippen molar-refractivity contribution in [3.63, 3.8) is 0 Å². The number of benzene rings is 1. The minimum absolute atomic E-state index is 0.0000510. The molecule has 0 aromatic heterocycles. The van der Waals surface area contributed by atoms with Crippen molar-refractivity contribution in [3.05, 3.63) is 29.8 Å². The highest BCUT2D eigenvalue weighted by atomic mass is 16.5. The van der Waals surface area contributed by atoms with E-state index in [4.69, 9.17) is 4.74 Å². The zero-order chi connectivity index (χ0) is 17.0. The molecule has 1 aliphatic rings. The van der Waals surface area contributed by atoms with Gasteiger partial charge in [0.05, 0.1) is 19.7 Å². The Morgan fingerprint density at radius 2 is 1.83 bits per heavy atom. The lowest BCUT2D eigenvalue weighted by atomic mass is 9.96. The van der Waals surface area contributed by atoms with Crippen LogP contribution < -0.4 is 15.4 Å². The molecule has 0 aliphatic heterocycles. The van der Waals surface area contributed by atoms with Gasteiger partial charge in [-0.25, -0.2) is 0 Å². The van der Waals surface area contributed by atoms with Crippen LogP contribution in [0.3, 0.4) is 0 Å². The number of rotatable bonds is 6. The fourth-order valence-electron chi connectivity index (χ4n) is 2.36. The van der Waals surface area contributed by atoms with Crippen LogP contribution in [-0.4, -0.2) is 25.5 Å². The second kappa shape index (κ2) is 7.02. The number of hydrogen-bond acceptors (Lipinski definition) is 3. The first-order chi connectivity index (χ1) is 10.8. The topological polar surface area (TPSA) is 67.4 Å². The maximum absolute atomic E-state index is 12.2. The van der Waals surface area contributed by atoms with Crippen LogP contribution in [0.5, 0.6) is 5.75 Å². The number of methoxy groups -OCH3 is 1. The molecular formula is C18H26N2O3. The number of carbonyl (C=O) groups is 2. The first kappa shape index (κ1) is 17.3. The number of hydrogen-bond donors (Lipinski definition) is 2. The Labute approximate surface area is 137 Å². The molecule has 0 spiro atoms. The predicted octanol–water partition coefficient (Wildman–Crippen LogP) is 2.42. The minimum Gasteiger partial charge on any atom is -0.497 e. The van der Waals surface area contributed by atoms with E-state index in [9.17, 15) is 9.59 Å². The molecule has 1 aromatic rings. The van der Waals surface area contributed by atoms with E-state index in [-0.39, 0.29) is 24.4 Å². The number of amides is 2. The molecular weight excluding hydrogens is 292 g/mol. The zero-order valence-corrected chi connectivity index (χ0v) is 14.3. The van der Waals surface area contributed by atoms with Gasteiger partial charge >= 0.3 is 0 Å². The van der Waals surface area contributed by atoms with Gasteiger partial charge in [-0.1, -0.05) is 32.9 Å². The van der Waals surface area contributed by atoms with Gasteiger partial charge in [0.15, 0.2) is 0 Å². The van der Waals surface area contributed by atoms with Gasteiger partial charge in [0.25, 0.3) is 0 Å².